The summed E-state index contributed by atoms with van der Waals surface area (Å²) in [5.74, 6) is -4.85. The molecule has 0 bridgehead atoms. The Balaban J connectivity index is -0.000000432. The molecule has 12 rings (SSSR count). The minimum atomic E-state index is -2.80. The number of hydrogen-bond donors (Lipinski definition) is 5. The number of aromatic nitrogens is 2. The maximum absolute atomic E-state index is 13.1. The third kappa shape index (κ3) is 66.5. The van der Waals surface area contributed by atoms with E-state index in [9.17, 15) is 36.7 Å². The number of amides is 3. The van der Waals surface area contributed by atoms with Crippen LogP contribution in [-0.2, 0) is 22.4 Å². The number of aliphatic carboxylic acids is 1. The van der Waals surface area contributed by atoms with E-state index in [0.29, 0.717) is 70.2 Å². The summed E-state index contributed by atoms with van der Waals surface area (Å²) >= 11 is 47.9. The molecule has 6 heterocycles. The molecule has 2 saturated heterocycles. The Labute approximate surface area is 1260 Å². The Morgan fingerprint density at radius 1 is 0.476 bits per heavy atom. The van der Waals surface area contributed by atoms with E-state index in [0.717, 1.165) is 67.1 Å². The summed E-state index contributed by atoms with van der Waals surface area (Å²) < 4.78 is 63.8. The SMILES string of the molecule is NCC1Cc2cc(-c3ccc(C(=O)N4CC(F)(F)C4)cc3)cc(Cl)c2O1.Nc1ccc([C@H]2C[C@@H]2C(=O)NCC2Cc3cc(-c4ccc(C(=O)N5CC(F)(F)C5)cc4)cc(Cl)c3O2)cn1.Nc1ccc([C@H]2C[C@@H]2C(=O)O)cn1.[K][K].[K][K].[K][K].[K][K].[K][K].[K][K].[K][K].[K][K].[K][K].[K][K].[K][K].[K][K].[K][K].[K][K]. The van der Waals surface area contributed by atoms with Gasteiger partial charge in [0.25, 0.3) is 23.7 Å². The van der Waals surface area contributed by atoms with Gasteiger partial charge in [-0.1, -0.05) is 59.6 Å². The molecule has 6 aliphatic rings. The zero-order valence-electron chi connectivity index (χ0n) is 69.1. The molecular weight excluding hydrogens is 2140 g/mol. The molecule has 0 radical (unpaired) electrons. The van der Waals surface area contributed by atoms with Crippen LogP contribution < -0.4 is 32.0 Å². The summed E-state index contributed by atoms with van der Waals surface area (Å²) in [6.45, 7) is -1.33. The van der Waals surface area contributed by atoms with Crippen LogP contribution in [0.1, 0.15) is 67.6 Å². The van der Waals surface area contributed by atoms with Crippen molar-refractivity contribution in [3.63, 3.8) is 0 Å². The molecule has 3 amide bonds. The van der Waals surface area contributed by atoms with Crippen molar-refractivity contribution in [2.24, 2.45) is 17.6 Å². The second-order valence-corrected chi connectivity index (χ2v) is 21.0. The zero-order valence-corrected chi connectivity index (χ0v) is 158. The van der Waals surface area contributed by atoms with Crippen LogP contribution >= 0.6 is 23.2 Å². The Hall–Kier alpha value is 38.3. The Morgan fingerprint density at radius 3 is 1.09 bits per heavy atom. The second-order valence-electron chi connectivity index (χ2n) is 20.2. The number of likely N-dealkylation sites (tertiary alicyclic amines) is 2. The maximum atomic E-state index is 13.1. The van der Waals surface area contributed by atoms with Crippen LogP contribution in [0.25, 0.3) is 22.3 Å². The predicted molar refractivity (Wildman–Crippen MR) is 442 cm³/mol. The first-order valence-electron chi connectivity index (χ1n) is 38.9. The van der Waals surface area contributed by atoms with Crippen molar-refractivity contribution in [3.05, 3.63) is 153 Å². The summed E-state index contributed by atoms with van der Waals surface area (Å²) in [5.41, 5.74) is 24.9. The number of rotatable bonds is 11. The van der Waals surface area contributed by atoms with Crippen molar-refractivity contribution in [3.8, 4) is 33.8 Å². The summed E-state index contributed by atoms with van der Waals surface area (Å²) in [4.78, 5) is 58.1. The van der Waals surface area contributed by atoms with Crippen LogP contribution in [0.4, 0.5) is 29.2 Å². The topological polar surface area (TPSA) is 229 Å². The van der Waals surface area contributed by atoms with Gasteiger partial charge in [0.1, 0.15) is 35.3 Å². The van der Waals surface area contributed by atoms with E-state index < -0.39 is 49.9 Å². The summed E-state index contributed by atoms with van der Waals surface area (Å²) in [5, 5.41) is 12.7. The quantitative estimate of drug-likeness (QED) is 0.0692. The van der Waals surface area contributed by atoms with Crippen molar-refractivity contribution in [1.82, 2.24) is 25.1 Å². The number of carboxylic acids is 1. The fraction of sp³-hybridized carbons (Fsp3) is 0.321. The van der Waals surface area contributed by atoms with E-state index in [-0.39, 0.29) is 47.7 Å². The van der Waals surface area contributed by atoms with E-state index in [4.69, 9.17) is 55.0 Å². The van der Waals surface area contributed by atoms with Crippen molar-refractivity contribution < 1.29 is 51.3 Å². The Morgan fingerprint density at radius 2 is 0.790 bits per heavy atom. The van der Waals surface area contributed by atoms with E-state index in [1.807, 2.05) is 30.3 Å². The van der Waals surface area contributed by atoms with Gasteiger partial charge in [-0.15, -0.1) is 0 Å². The molecule has 8 N–H and O–H groups in total. The number of nitrogens with zero attached hydrogens (tertiary/aromatic N) is 4. The number of fused-ring (bicyclic) bond motifs is 2. The molecule has 2 aliphatic carbocycles. The molecule has 6 aromatic rings. The van der Waals surface area contributed by atoms with E-state index in [2.05, 4.69) is 15.3 Å². The average molecular weight is 2190 g/mol. The monoisotopic (exact) mass is 2190 g/mol. The van der Waals surface area contributed by atoms with Crippen molar-refractivity contribution in [2.75, 3.05) is 50.7 Å². The first-order valence-corrected chi connectivity index (χ1v) is 264. The fourth-order valence-corrected chi connectivity index (χ4v) is 10.5. The van der Waals surface area contributed by atoms with Crippen LogP contribution in [0.3, 0.4) is 0 Å². The van der Waals surface area contributed by atoms with Crippen LogP contribution in [-0.4, -0.2) is 996 Å². The fourth-order valence-electron chi connectivity index (χ4n) is 9.95. The van der Waals surface area contributed by atoms with Crippen LogP contribution in [0.2, 0.25) is 10.0 Å². The number of anilines is 2. The van der Waals surface area contributed by atoms with Gasteiger partial charge in [-0.25, -0.2) is 27.5 Å². The van der Waals surface area contributed by atoms with Crippen LogP contribution in [0.5, 0.6) is 11.5 Å². The van der Waals surface area contributed by atoms with Gasteiger partial charge in [-0.05, 0) is 119 Å². The summed E-state index contributed by atoms with van der Waals surface area (Å²) in [6, 6.07) is 28.5. The number of pyridine rings is 2. The zero-order chi connectivity index (χ0) is 82.5. The molecule has 2 aromatic heterocycles. The van der Waals surface area contributed by atoms with Crippen molar-refractivity contribution in [2.45, 2.75) is 61.6 Å². The minimum absolute atomic E-state index is 0.00486. The molecule has 428 valence electrons. The number of alkyl halides is 4. The standard InChI is InChI=1S/C28H25ClF2N4O3.C19H17ClF2N2O2.C9H10N2O2.28K/c29-23-9-18(15-1-3-16(4-2-15)27(37)35-13-28(30,31)14-35)7-19-8-20(38-25(19)23)12-34-26(36)22-10-21(22)17-5-6-24(32)33-11-17;20-16-7-13(5-14-6-15(8-23)26-17(14)16)11-1-3-12(4-2-11)18(25)24-9-19(21,22)10-24;10-8-2-1-5(4-11-8)6-3-7(6)9(12)13;;;;;;;;;;;;;;;;;;;;;;;;;;;;/h1-7,9,11,20-22H,8,10,12-14H2,(H2,32,33)(H,34,36);1-5,7,15H,6,8-10,23H2;1-2,4,6-7H,3H2,(H2,10,11)(H,12,13);;;;;;;;;;;;;;;;;;;;;;;;;;;;/t20?,21-,22+;;6-,7+;;;;;;;;;;;;;;;;;;;;;;;;;;;;/m1.1............................/s1. The Bertz CT molecular complexity index is 3320. The van der Waals surface area contributed by atoms with Gasteiger partial charge < -0.3 is 46.9 Å². The number of hydrogen-bond acceptors (Lipinski definition) is 11. The molecule has 2 saturated carbocycles. The van der Waals surface area contributed by atoms with E-state index >= 15 is 0 Å². The van der Waals surface area contributed by atoms with Gasteiger partial charge in [0.2, 0.25) is 5.91 Å². The molecule has 105 heavy (non-hydrogen) atoms. The van der Waals surface area contributed by atoms with Crippen LogP contribution in [0, 0.1) is 11.8 Å². The molecule has 6 atom stereocenters. The number of ether oxygens (including phenoxy) is 2. The first kappa shape index (κ1) is 152. The van der Waals surface area contributed by atoms with Crippen molar-refractivity contribution >= 4 is 943 Å². The molecular formula is C56H52Cl2F4K28N8O7. The average Bonchev–Trinajstić information content (AvgIpc) is 0.834. The summed E-state index contributed by atoms with van der Waals surface area (Å²) in [6.07, 6.45) is 5.90. The number of nitrogens with one attached hydrogen (secondary N) is 1. The third-order valence-electron chi connectivity index (χ3n) is 14.4. The van der Waals surface area contributed by atoms with Gasteiger partial charge in [0.15, 0.2) is 0 Å². The normalized spacial score (nSPS) is 17.5. The predicted octanol–water partition coefficient (Wildman–Crippen LogP) is -2.15. The van der Waals surface area contributed by atoms with Gasteiger partial charge in [0.05, 0.1) is 48.7 Å². The number of benzene rings is 4. The molecule has 15 nitrogen and oxygen atoms in total. The van der Waals surface area contributed by atoms with E-state index in [1.165, 1.54) is 884 Å². The molecule has 2 unspecified atom stereocenters. The van der Waals surface area contributed by atoms with Gasteiger partial charge in [0, 0.05) is 60.0 Å². The number of carbonyl (C=O) groups is 4. The van der Waals surface area contributed by atoms with Crippen molar-refractivity contribution in [1.29, 1.82) is 0 Å². The first-order chi connectivity index (χ1) is 50.7. The third-order valence-corrected chi connectivity index (χ3v) is 14.9. The van der Waals surface area contributed by atoms with Gasteiger partial charge in [-0.2, -0.15) is 0 Å². The molecule has 4 fully saturated rings. The van der Waals surface area contributed by atoms with Crippen LogP contribution in [0.15, 0.2) is 109 Å². The second kappa shape index (κ2) is 102. The number of nitrogen functional groups attached to an aromatic ring is 2. The number of halogens is 6. The molecule has 4 aromatic carbocycles. The summed E-state index contributed by atoms with van der Waals surface area (Å²) in [7, 11) is 0. The molecule has 0 spiro atoms. The van der Waals surface area contributed by atoms with Gasteiger partial charge in [-0.3, -0.25) is 19.2 Å². The molecule has 49 heteroatoms. The number of carbonyl (C=O) groups excluding carboxylic acids is 3. The van der Waals surface area contributed by atoms with Gasteiger partial charge >= 0.3 is 890 Å². The number of carboxylic acid groups (broad SMARTS) is 1. The molecule has 4 aliphatic heterocycles. The van der Waals surface area contributed by atoms with E-state index in [1.54, 1.807) is 79.1 Å². The number of nitrogens with two attached hydrogens (primary N) is 3. The Kier molecular flexibility index (Phi) is 147.